The van der Waals surface area contributed by atoms with Crippen molar-refractivity contribution in [2.75, 3.05) is 6.61 Å². The van der Waals surface area contributed by atoms with Gasteiger partial charge in [0.1, 0.15) is 0 Å². The fraction of sp³-hybridized carbons (Fsp3) is 0.294. The van der Waals surface area contributed by atoms with Crippen LogP contribution in [-0.4, -0.2) is 18.3 Å². The molecule has 6 heteroatoms. The third-order valence-corrected chi connectivity index (χ3v) is 3.38. The molecule has 0 radical (unpaired) electrons. The first-order chi connectivity index (χ1) is 11.1. The summed E-state index contributed by atoms with van der Waals surface area (Å²) in [4.78, 5) is 0. The first kappa shape index (κ1) is 17.3. The van der Waals surface area contributed by atoms with Crippen molar-refractivity contribution in [2.45, 2.75) is 25.6 Å². The van der Waals surface area contributed by atoms with Crippen LogP contribution in [0.3, 0.4) is 0 Å². The van der Waals surface area contributed by atoms with E-state index in [1.54, 1.807) is 0 Å². The number of aliphatic hydroxyl groups excluding tert-OH is 1. The van der Waals surface area contributed by atoms with Crippen molar-refractivity contribution in [3.05, 3.63) is 65.5 Å². The van der Waals surface area contributed by atoms with Crippen LogP contribution in [-0.2, 0) is 6.54 Å². The van der Waals surface area contributed by atoms with E-state index >= 15 is 0 Å². The van der Waals surface area contributed by atoms with E-state index in [4.69, 9.17) is 0 Å². The third kappa shape index (κ3) is 5.26. The van der Waals surface area contributed by atoms with Crippen molar-refractivity contribution < 1.29 is 23.0 Å². The predicted molar refractivity (Wildman–Crippen MR) is 80.8 cm³/mol. The maximum Gasteiger partial charge on any atom is 0.387 e. The highest BCUT2D eigenvalue weighted by Gasteiger charge is 2.12. The lowest BCUT2D eigenvalue weighted by atomic mass is 10.0. The SMILES string of the molecule is OCC[C@@H](NCc1ccc(OC(F)F)c(F)c1)c1ccccc1. The normalized spacial score (nSPS) is 12.4. The first-order valence-electron chi connectivity index (χ1n) is 7.22. The predicted octanol–water partition coefficient (Wildman–Crippen LogP) is 3.64. The zero-order chi connectivity index (χ0) is 16.7. The zero-order valence-corrected chi connectivity index (χ0v) is 12.4. The van der Waals surface area contributed by atoms with Crippen LogP contribution in [0.15, 0.2) is 48.5 Å². The Bertz CT molecular complexity index is 608. The van der Waals surface area contributed by atoms with Crippen molar-refractivity contribution in [1.29, 1.82) is 0 Å². The fourth-order valence-corrected chi connectivity index (χ4v) is 2.29. The number of nitrogens with one attached hydrogen (secondary N) is 1. The topological polar surface area (TPSA) is 41.5 Å². The Morgan fingerprint density at radius 3 is 2.43 bits per heavy atom. The molecule has 0 unspecified atom stereocenters. The van der Waals surface area contributed by atoms with Crippen molar-refractivity contribution >= 4 is 0 Å². The molecule has 2 aromatic carbocycles. The van der Waals surface area contributed by atoms with E-state index in [0.29, 0.717) is 18.5 Å². The summed E-state index contributed by atoms with van der Waals surface area (Å²) in [6.45, 7) is -2.70. The molecule has 1 atom stereocenters. The number of rotatable bonds is 8. The number of benzene rings is 2. The molecule has 124 valence electrons. The standard InChI is InChI=1S/C17H18F3NO2/c18-14-10-12(6-7-16(14)23-17(19)20)11-21-15(8-9-22)13-4-2-1-3-5-13/h1-7,10,15,17,21-22H,8-9,11H2/t15-/m1/s1. The highest BCUT2D eigenvalue weighted by Crippen LogP contribution is 2.22. The van der Waals surface area contributed by atoms with Crippen molar-refractivity contribution in [1.82, 2.24) is 5.32 Å². The van der Waals surface area contributed by atoms with Gasteiger partial charge >= 0.3 is 6.61 Å². The van der Waals surface area contributed by atoms with Gasteiger partial charge in [-0.3, -0.25) is 0 Å². The molecule has 2 N–H and O–H groups in total. The van der Waals surface area contributed by atoms with Crippen molar-refractivity contribution in [2.24, 2.45) is 0 Å². The Morgan fingerprint density at radius 1 is 1.09 bits per heavy atom. The maximum atomic E-state index is 13.7. The van der Waals surface area contributed by atoms with E-state index in [0.717, 1.165) is 11.6 Å². The Balaban J connectivity index is 2.02. The van der Waals surface area contributed by atoms with Gasteiger partial charge in [0.05, 0.1) is 0 Å². The lowest BCUT2D eigenvalue weighted by Gasteiger charge is -2.18. The van der Waals surface area contributed by atoms with Gasteiger partial charge in [0.25, 0.3) is 0 Å². The van der Waals surface area contributed by atoms with E-state index in [2.05, 4.69) is 10.1 Å². The summed E-state index contributed by atoms with van der Waals surface area (Å²) >= 11 is 0. The molecule has 2 aromatic rings. The minimum atomic E-state index is -3.06. The van der Waals surface area contributed by atoms with Crippen LogP contribution in [0.2, 0.25) is 0 Å². The van der Waals surface area contributed by atoms with E-state index in [1.165, 1.54) is 12.1 Å². The van der Waals surface area contributed by atoms with E-state index in [-0.39, 0.29) is 12.6 Å². The van der Waals surface area contributed by atoms with E-state index in [9.17, 15) is 18.3 Å². The summed E-state index contributed by atoms with van der Waals surface area (Å²) < 4.78 is 42.0. The highest BCUT2D eigenvalue weighted by molar-refractivity contribution is 5.29. The summed E-state index contributed by atoms with van der Waals surface area (Å²) in [6.07, 6.45) is 0.513. The minimum Gasteiger partial charge on any atom is -0.432 e. The van der Waals surface area contributed by atoms with Crippen LogP contribution in [0.5, 0.6) is 5.75 Å². The summed E-state index contributed by atoms with van der Waals surface area (Å²) in [5, 5.41) is 12.4. The number of halogens is 3. The molecule has 0 aliphatic rings. The van der Waals surface area contributed by atoms with E-state index in [1.807, 2.05) is 30.3 Å². The van der Waals surface area contributed by atoms with Crippen LogP contribution in [0.1, 0.15) is 23.6 Å². The zero-order valence-electron chi connectivity index (χ0n) is 12.4. The third-order valence-electron chi connectivity index (χ3n) is 3.38. The molecule has 0 spiro atoms. The van der Waals surface area contributed by atoms with Gasteiger partial charge in [-0.25, -0.2) is 4.39 Å². The molecule has 0 aliphatic carbocycles. The number of alkyl halides is 2. The van der Waals surface area contributed by atoms with Crippen LogP contribution < -0.4 is 10.1 Å². The summed E-state index contributed by atoms with van der Waals surface area (Å²) in [7, 11) is 0. The largest absolute Gasteiger partial charge is 0.432 e. The molecule has 0 saturated heterocycles. The molecule has 0 amide bonds. The average Bonchev–Trinajstić information content (AvgIpc) is 2.54. The lowest BCUT2D eigenvalue weighted by Crippen LogP contribution is -2.22. The number of hydrogen-bond acceptors (Lipinski definition) is 3. The highest BCUT2D eigenvalue weighted by atomic mass is 19.3. The Kier molecular flexibility index (Phi) is 6.43. The molecular formula is C17H18F3NO2. The molecular weight excluding hydrogens is 307 g/mol. The summed E-state index contributed by atoms with van der Waals surface area (Å²) in [5.41, 5.74) is 1.61. The van der Waals surface area contributed by atoms with Crippen LogP contribution in [0.25, 0.3) is 0 Å². The van der Waals surface area contributed by atoms with Gasteiger partial charge < -0.3 is 15.2 Å². The van der Waals surface area contributed by atoms with Crippen molar-refractivity contribution in [3.8, 4) is 5.75 Å². The fourth-order valence-electron chi connectivity index (χ4n) is 2.29. The van der Waals surface area contributed by atoms with E-state index < -0.39 is 18.2 Å². The number of ether oxygens (including phenoxy) is 1. The van der Waals surface area contributed by atoms with Gasteiger partial charge in [-0.1, -0.05) is 36.4 Å². The smallest absolute Gasteiger partial charge is 0.387 e. The number of aliphatic hydroxyl groups is 1. The second-order valence-electron chi connectivity index (χ2n) is 5.00. The summed E-state index contributed by atoms with van der Waals surface area (Å²) in [6, 6.07) is 13.4. The quantitative estimate of drug-likeness (QED) is 0.778. The van der Waals surface area contributed by atoms with Gasteiger partial charge in [-0.2, -0.15) is 8.78 Å². The van der Waals surface area contributed by atoms with Crippen LogP contribution >= 0.6 is 0 Å². The van der Waals surface area contributed by atoms with Gasteiger partial charge in [0, 0.05) is 19.2 Å². The molecule has 0 aliphatic heterocycles. The average molecular weight is 325 g/mol. The molecule has 0 aromatic heterocycles. The monoisotopic (exact) mass is 325 g/mol. The molecule has 3 nitrogen and oxygen atoms in total. The van der Waals surface area contributed by atoms with Gasteiger partial charge in [-0.05, 0) is 29.7 Å². The van der Waals surface area contributed by atoms with Crippen LogP contribution in [0, 0.1) is 5.82 Å². The number of hydrogen-bond donors (Lipinski definition) is 2. The lowest BCUT2D eigenvalue weighted by molar-refractivity contribution is -0.0522. The first-order valence-corrected chi connectivity index (χ1v) is 7.22. The van der Waals surface area contributed by atoms with Gasteiger partial charge in [-0.15, -0.1) is 0 Å². The van der Waals surface area contributed by atoms with Crippen molar-refractivity contribution in [3.63, 3.8) is 0 Å². The minimum absolute atomic E-state index is 0.0160. The molecule has 0 heterocycles. The van der Waals surface area contributed by atoms with Gasteiger partial charge in [0.2, 0.25) is 0 Å². The molecule has 23 heavy (non-hydrogen) atoms. The molecule has 0 fully saturated rings. The maximum absolute atomic E-state index is 13.7. The molecule has 0 bridgehead atoms. The second kappa shape index (κ2) is 8.55. The second-order valence-corrected chi connectivity index (χ2v) is 5.00. The Hall–Kier alpha value is -2.05. The molecule has 2 rings (SSSR count). The summed E-state index contributed by atoms with van der Waals surface area (Å²) in [5.74, 6) is -1.30. The Labute approximate surface area is 132 Å². The molecule has 0 saturated carbocycles. The van der Waals surface area contributed by atoms with Crippen LogP contribution in [0.4, 0.5) is 13.2 Å². The van der Waals surface area contributed by atoms with Gasteiger partial charge in [0.15, 0.2) is 11.6 Å². The Morgan fingerprint density at radius 2 is 1.83 bits per heavy atom.